The fourth-order valence-corrected chi connectivity index (χ4v) is 2.51. The molecule has 0 spiro atoms. The van der Waals surface area contributed by atoms with Gasteiger partial charge < -0.3 is 4.74 Å². The van der Waals surface area contributed by atoms with Crippen molar-refractivity contribution in [2.24, 2.45) is 0 Å². The van der Waals surface area contributed by atoms with Crippen molar-refractivity contribution in [2.75, 3.05) is 6.61 Å². The van der Waals surface area contributed by atoms with Gasteiger partial charge in [0.1, 0.15) is 11.7 Å². The number of H-pyrrole nitrogens is 1. The molecule has 1 atom stereocenters. The van der Waals surface area contributed by atoms with Gasteiger partial charge in [0, 0.05) is 10.9 Å². The van der Waals surface area contributed by atoms with Gasteiger partial charge in [0.15, 0.2) is 5.82 Å². The summed E-state index contributed by atoms with van der Waals surface area (Å²) in [6, 6.07) is 7.55. The number of aromatic amines is 1. The van der Waals surface area contributed by atoms with E-state index >= 15 is 0 Å². The molecule has 6 heteroatoms. The third-order valence-electron chi connectivity index (χ3n) is 3.00. The van der Waals surface area contributed by atoms with E-state index in [0.29, 0.717) is 12.4 Å². The van der Waals surface area contributed by atoms with Crippen LogP contribution in [0.4, 0.5) is 0 Å². The summed E-state index contributed by atoms with van der Waals surface area (Å²) < 4.78 is 6.08. The molecule has 0 saturated heterocycles. The maximum atomic E-state index is 12.3. The highest BCUT2D eigenvalue weighted by Crippen LogP contribution is 2.26. The molecule has 1 N–H and O–H groups in total. The Hall–Kier alpha value is -1.69. The number of rotatable bonds is 6. The Kier molecular flexibility index (Phi) is 5.50. The summed E-state index contributed by atoms with van der Waals surface area (Å²) in [6.45, 7) is 4.19. The van der Waals surface area contributed by atoms with E-state index < -0.39 is 5.92 Å². The standard InChI is InChI=1S/C15H18BrN3O2/c1-3-6-12-17-14(19-18-12)13(15(20)21-4-2)10-7-5-8-11(16)9-10/h5,7-9,13H,3-4,6H2,1-2H3,(H,17,18,19). The van der Waals surface area contributed by atoms with Crippen LogP contribution in [0.25, 0.3) is 0 Å². The van der Waals surface area contributed by atoms with Crippen molar-refractivity contribution in [3.63, 3.8) is 0 Å². The van der Waals surface area contributed by atoms with Crippen LogP contribution in [-0.4, -0.2) is 27.8 Å². The highest BCUT2D eigenvalue weighted by Gasteiger charge is 2.28. The quantitative estimate of drug-likeness (QED) is 0.811. The topological polar surface area (TPSA) is 67.9 Å². The molecule has 2 aromatic rings. The second-order valence-corrected chi connectivity index (χ2v) is 5.55. The van der Waals surface area contributed by atoms with Crippen molar-refractivity contribution < 1.29 is 9.53 Å². The molecule has 21 heavy (non-hydrogen) atoms. The lowest BCUT2D eigenvalue weighted by molar-refractivity contribution is -0.144. The van der Waals surface area contributed by atoms with Gasteiger partial charge in [-0.1, -0.05) is 35.0 Å². The minimum absolute atomic E-state index is 0.329. The first-order valence-electron chi connectivity index (χ1n) is 6.99. The third-order valence-corrected chi connectivity index (χ3v) is 3.49. The molecular formula is C15H18BrN3O2. The number of hydrogen-bond donors (Lipinski definition) is 1. The summed E-state index contributed by atoms with van der Waals surface area (Å²) in [5.41, 5.74) is 0.810. The molecule has 2 rings (SSSR count). The van der Waals surface area contributed by atoms with Gasteiger partial charge in [-0.25, -0.2) is 4.98 Å². The van der Waals surface area contributed by atoms with Gasteiger partial charge in [-0.05, 0) is 31.0 Å². The Bertz CT molecular complexity index is 612. The predicted octanol–water partition coefficient (Wildman–Crippen LogP) is 3.21. The van der Waals surface area contributed by atoms with Gasteiger partial charge in [0.05, 0.1) is 6.61 Å². The molecule has 0 fully saturated rings. The van der Waals surface area contributed by atoms with Gasteiger partial charge in [-0.3, -0.25) is 9.89 Å². The number of carbonyl (C=O) groups is 1. The molecule has 0 aliphatic carbocycles. The Morgan fingerprint density at radius 3 is 2.90 bits per heavy atom. The molecule has 0 radical (unpaired) electrons. The van der Waals surface area contributed by atoms with Crippen LogP contribution in [0, 0.1) is 0 Å². The Labute approximate surface area is 132 Å². The van der Waals surface area contributed by atoms with Crippen molar-refractivity contribution in [1.29, 1.82) is 0 Å². The van der Waals surface area contributed by atoms with Crippen LogP contribution < -0.4 is 0 Å². The molecule has 0 aliphatic rings. The van der Waals surface area contributed by atoms with E-state index in [0.717, 1.165) is 28.7 Å². The highest BCUT2D eigenvalue weighted by molar-refractivity contribution is 9.10. The van der Waals surface area contributed by atoms with Crippen LogP contribution in [0.15, 0.2) is 28.7 Å². The normalized spacial score (nSPS) is 12.1. The van der Waals surface area contributed by atoms with E-state index in [1.54, 1.807) is 6.92 Å². The fourth-order valence-electron chi connectivity index (χ4n) is 2.09. The predicted molar refractivity (Wildman–Crippen MR) is 83.0 cm³/mol. The number of nitrogens with one attached hydrogen (secondary N) is 1. The van der Waals surface area contributed by atoms with Gasteiger partial charge >= 0.3 is 5.97 Å². The monoisotopic (exact) mass is 351 g/mol. The van der Waals surface area contributed by atoms with E-state index in [2.05, 4.69) is 38.0 Å². The van der Waals surface area contributed by atoms with Gasteiger partial charge in [0.25, 0.3) is 0 Å². The number of carbonyl (C=O) groups excluding carboxylic acids is 1. The molecule has 0 aliphatic heterocycles. The number of esters is 1. The lowest BCUT2D eigenvalue weighted by atomic mass is 9.98. The van der Waals surface area contributed by atoms with Crippen molar-refractivity contribution in [2.45, 2.75) is 32.6 Å². The zero-order valence-corrected chi connectivity index (χ0v) is 13.7. The summed E-state index contributed by atoms with van der Waals surface area (Å²) in [5, 5.41) is 7.08. The summed E-state index contributed by atoms with van der Waals surface area (Å²) in [5.74, 6) is 0.300. The van der Waals surface area contributed by atoms with Crippen LogP contribution in [0.3, 0.4) is 0 Å². The maximum absolute atomic E-state index is 12.3. The number of benzene rings is 1. The molecule has 0 saturated carbocycles. The van der Waals surface area contributed by atoms with Crippen LogP contribution >= 0.6 is 15.9 Å². The van der Waals surface area contributed by atoms with Crippen LogP contribution in [0.5, 0.6) is 0 Å². The lowest BCUT2D eigenvalue weighted by Gasteiger charge is -2.13. The van der Waals surface area contributed by atoms with E-state index in [1.807, 2.05) is 24.3 Å². The van der Waals surface area contributed by atoms with Gasteiger partial charge in [0.2, 0.25) is 0 Å². The second-order valence-electron chi connectivity index (χ2n) is 4.63. The van der Waals surface area contributed by atoms with Crippen molar-refractivity contribution in [1.82, 2.24) is 15.2 Å². The van der Waals surface area contributed by atoms with Gasteiger partial charge in [-0.2, -0.15) is 5.10 Å². The largest absolute Gasteiger partial charge is 0.465 e. The van der Waals surface area contributed by atoms with Crippen LogP contribution in [0.1, 0.15) is 43.4 Å². The molecule has 0 bridgehead atoms. The average Bonchev–Trinajstić information content (AvgIpc) is 2.88. The third kappa shape index (κ3) is 3.91. The first-order chi connectivity index (χ1) is 10.2. The molecule has 0 amide bonds. The lowest BCUT2D eigenvalue weighted by Crippen LogP contribution is -2.18. The van der Waals surface area contributed by atoms with Crippen molar-refractivity contribution >= 4 is 21.9 Å². The van der Waals surface area contributed by atoms with Crippen molar-refractivity contribution in [3.05, 3.63) is 46.0 Å². The Balaban J connectivity index is 2.37. The molecule has 5 nitrogen and oxygen atoms in total. The number of hydrogen-bond acceptors (Lipinski definition) is 4. The van der Waals surface area contributed by atoms with E-state index in [4.69, 9.17) is 4.74 Å². The summed E-state index contributed by atoms with van der Waals surface area (Å²) in [4.78, 5) is 16.7. The van der Waals surface area contributed by atoms with E-state index in [-0.39, 0.29) is 5.97 Å². The Morgan fingerprint density at radius 1 is 1.43 bits per heavy atom. The molecular weight excluding hydrogens is 334 g/mol. The molecule has 1 unspecified atom stereocenters. The van der Waals surface area contributed by atoms with E-state index in [1.165, 1.54) is 0 Å². The van der Waals surface area contributed by atoms with Gasteiger partial charge in [-0.15, -0.1) is 0 Å². The Morgan fingerprint density at radius 2 is 2.24 bits per heavy atom. The molecule has 1 aromatic heterocycles. The number of ether oxygens (including phenoxy) is 1. The second kappa shape index (κ2) is 7.36. The minimum atomic E-state index is -0.607. The first kappa shape index (κ1) is 15.7. The number of aryl methyl sites for hydroxylation is 1. The summed E-state index contributed by atoms with van der Waals surface area (Å²) >= 11 is 3.42. The fraction of sp³-hybridized carbons (Fsp3) is 0.400. The number of aromatic nitrogens is 3. The SMILES string of the molecule is CCCc1nc(C(C(=O)OCC)c2cccc(Br)c2)n[nH]1. The van der Waals surface area contributed by atoms with Crippen LogP contribution in [-0.2, 0) is 16.0 Å². The zero-order chi connectivity index (χ0) is 15.2. The smallest absolute Gasteiger partial charge is 0.321 e. The number of halogens is 1. The maximum Gasteiger partial charge on any atom is 0.321 e. The van der Waals surface area contributed by atoms with Crippen LogP contribution in [0.2, 0.25) is 0 Å². The average molecular weight is 352 g/mol. The minimum Gasteiger partial charge on any atom is -0.465 e. The highest BCUT2D eigenvalue weighted by atomic mass is 79.9. The summed E-state index contributed by atoms with van der Waals surface area (Å²) in [7, 11) is 0. The summed E-state index contributed by atoms with van der Waals surface area (Å²) in [6.07, 6.45) is 1.77. The first-order valence-corrected chi connectivity index (χ1v) is 7.78. The molecule has 1 aromatic carbocycles. The van der Waals surface area contributed by atoms with Crippen molar-refractivity contribution in [3.8, 4) is 0 Å². The van der Waals surface area contributed by atoms with E-state index in [9.17, 15) is 4.79 Å². The number of nitrogens with zero attached hydrogens (tertiary/aromatic N) is 2. The zero-order valence-electron chi connectivity index (χ0n) is 12.1. The molecule has 112 valence electrons. The molecule has 1 heterocycles.